The minimum atomic E-state index is -0.722. The van der Waals surface area contributed by atoms with E-state index in [-0.39, 0.29) is 5.92 Å². The van der Waals surface area contributed by atoms with Crippen LogP contribution >= 0.6 is 0 Å². The van der Waals surface area contributed by atoms with Crippen molar-refractivity contribution in [2.45, 2.75) is 116 Å². The van der Waals surface area contributed by atoms with E-state index in [0.29, 0.717) is 11.5 Å². The predicted octanol–water partition coefficient (Wildman–Crippen LogP) is 9.30. The normalized spacial score (nSPS) is 27.1. The molecule has 0 bridgehead atoms. The third-order valence-corrected chi connectivity index (χ3v) is 8.75. The number of halogens is 2. The fourth-order valence-corrected chi connectivity index (χ4v) is 6.51. The zero-order chi connectivity index (χ0) is 22.9. The second kappa shape index (κ2) is 12.7. The van der Waals surface area contributed by atoms with Crippen LogP contribution in [0, 0.1) is 46.6 Å². The molecular formula is C29H43F2N. The van der Waals surface area contributed by atoms with Gasteiger partial charge in [0.15, 0.2) is 0 Å². The van der Waals surface area contributed by atoms with E-state index in [0.717, 1.165) is 30.6 Å². The van der Waals surface area contributed by atoms with E-state index < -0.39 is 17.2 Å². The monoisotopic (exact) mass is 443 g/mol. The number of hydrogen-bond donors (Lipinski definition) is 0. The minimum absolute atomic E-state index is 0.140. The second-order valence-electron chi connectivity index (χ2n) is 10.8. The highest BCUT2D eigenvalue weighted by Crippen LogP contribution is 2.45. The fourth-order valence-electron chi connectivity index (χ4n) is 6.51. The summed E-state index contributed by atoms with van der Waals surface area (Å²) in [5.74, 6) is 1.90. The molecule has 2 saturated carbocycles. The smallest absolute Gasteiger partial charge is 0.144 e. The lowest BCUT2D eigenvalue weighted by Gasteiger charge is -2.39. The Bertz CT molecular complexity index is 713. The molecule has 1 nitrogen and oxygen atoms in total. The third kappa shape index (κ3) is 6.79. The van der Waals surface area contributed by atoms with Crippen molar-refractivity contribution >= 4 is 0 Å². The zero-order valence-electron chi connectivity index (χ0n) is 20.4. The van der Waals surface area contributed by atoms with E-state index in [1.54, 1.807) is 6.07 Å². The highest BCUT2D eigenvalue weighted by Gasteiger charge is 2.33. The summed E-state index contributed by atoms with van der Waals surface area (Å²) in [7, 11) is 0. The molecular weight excluding hydrogens is 400 g/mol. The van der Waals surface area contributed by atoms with Crippen molar-refractivity contribution in [1.29, 1.82) is 5.26 Å². The van der Waals surface area contributed by atoms with E-state index in [4.69, 9.17) is 5.26 Å². The van der Waals surface area contributed by atoms with Gasteiger partial charge in [0.1, 0.15) is 23.3 Å². The molecule has 0 saturated heterocycles. The first-order valence-electron chi connectivity index (χ1n) is 13.4. The second-order valence-corrected chi connectivity index (χ2v) is 10.8. The average molecular weight is 444 g/mol. The molecule has 2 aliphatic rings. The van der Waals surface area contributed by atoms with E-state index in [9.17, 15) is 8.78 Å². The first-order chi connectivity index (χ1) is 15.5. The number of rotatable bonds is 10. The Morgan fingerprint density at radius 3 is 1.94 bits per heavy atom. The topological polar surface area (TPSA) is 23.8 Å². The number of unbranched alkanes of at least 4 members (excludes halogenated alkanes) is 5. The van der Waals surface area contributed by atoms with Gasteiger partial charge in [-0.15, -0.1) is 0 Å². The summed E-state index contributed by atoms with van der Waals surface area (Å²) in [6, 6.07) is 4.38. The van der Waals surface area contributed by atoms with Crippen LogP contribution in [-0.2, 0) is 0 Å². The minimum Gasteiger partial charge on any atom is -0.205 e. The van der Waals surface area contributed by atoms with Crippen LogP contribution in [0.15, 0.2) is 12.1 Å². The van der Waals surface area contributed by atoms with Gasteiger partial charge in [0.2, 0.25) is 0 Å². The maximum atomic E-state index is 14.1. The Hall–Kier alpha value is -1.43. The summed E-state index contributed by atoms with van der Waals surface area (Å²) >= 11 is 0. The molecule has 1 aromatic rings. The molecule has 2 aliphatic carbocycles. The molecule has 0 aliphatic heterocycles. The predicted molar refractivity (Wildman–Crippen MR) is 128 cm³/mol. The zero-order valence-corrected chi connectivity index (χ0v) is 20.4. The molecule has 0 spiro atoms. The van der Waals surface area contributed by atoms with Gasteiger partial charge >= 0.3 is 0 Å². The molecule has 32 heavy (non-hydrogen) atoms. The van der Waals surface area contributed by atoms with Gasteiger partial charge in [0.05, 0.1) is 0 Å². The van der Waals surface area contributed by atoms with E-state index in [1.807, 2.05) is 0 Å². The molecule has 1 atom stereocenters. The molecule has 0 amide bonds. The van der Waals surface area contributed by atoms with Crippen molar-refractivity contribution in [3.05, 3.63) is 34.9 Å². The third-order valence-electron chi connectivity index (χ3n) is 8.75. The first kappa shape index (κ1) is 25.2. The fraction of sp³-hybridized carbons (Fsp3) is 0.759. The number of nitriles is 1. The molecule has 1 unspecified atom stereocenters. The van der Waals surface area contributed by atoms with Crippen LogP contribution in [0.3, 0.4) is 0 Å². The average Bonchev–Trinajstić information content (AvgIpc) is 2.81. The molecule has 0 aromatic heterocycles. The summed E-state index contributed by atoms with van der Waals surface area (Å²) in [6.45, 7) is 4.38. The summed E-state index contributed by atoms with van der Waals surface area (Å²) in [5.41, 5.74) is 0.245. The maximum absolute atomic E-state index is 14.1. The Balaban J connectivity index is 1.39. The highest BCUT2D eigenvalue weighted by atomic mass is 19.1. The van der Waals surface area contributed by atoms with Crippen LogP contribution in [0.1, 0.15) is 127 Å². The van der Waals surface area contributed by atoms with Gasteiger partial charge in [0.25, 0.3) is 0 Å². The van der Waals surface area contributed by atoms with E-state index in [2.05, 4.69) is 13.8 Å². The SMILES string of the molecule is CCCCCCCC[C@H]1CC[C@H](C2CCC(C(C)c3cc(F)c(C#N)c(F)c3)CC2)CC1. The van der Waals surface area contributed by atoms with Gasteiger partial charge in [0, 0.05) is 0 Å². The maximum Gasteiger partial charge on any atom is 0.144 e. The van der Waals surface area contributed by atoms with Gasteiger partial charge in [-0.05, 0) is 85.8 Å². The van der Waals surface area contributed by atoms with Crippen LogP contribution in [0.4, 0.5) is 8.78 Å². The molecule has 0 N–H and O–H groups in total. The Labute approximate surface area is 195 Å². The van der Waals surface area contributed by atoms with Crippen LogP contribution < -0.4 is 0 Å². The Kier molecular flexibility index (Phi) is 10.0. The quantitative estimate of drug-likeness (QED) is 0.330. The number of benzene rings is 1. The number of hydrogen-bond acceptors (Lipinski definition) is 1. The lowest BCUT2D eigenvalue weighted by atomic mass is 9.66. The Morgan fingerprint density at radius 1 is 0.844 bits per heavy atom. The van der Waals surface area contributed by atoms with Crippen LogP contribution in [0.2, 0.25) is 0 Å². The first-order valence-corrected chi connectivity index (χ1v) is 13.4. The standard InChI is InChI=1S/C29H43F2N/c1-3-4-5-6-7-8-9-22-10-12-24(13-11-22)25-16-14-23(15-17-25)21(2)26-18-28(30)27(20-32)29(31)19-26/h18-19,21-25H,3-17H2,1-2H3/t21?,22-,23?,24-,25?. The summed E-state index contributed by atoms with van der Waals surface area (Å²) in [6.07, 6.45) is 20.4. The van der Waals surface area contributed by atoms with Gasteiger partial charge in [-0.2, -0.15) is 5.26 Å². The summed E-state index contributed by atoms with van der Waals surface area (Å²) < 4.78 is 28.1. The lowest BCUT2D eigenvalue weighted by Crippen LogP contribution is -2.27. The molecule has 1 aromatic carbocycles. The van der Waals surface area contributed by atoms with Crippen molar-refractivity contribution in [3.63, 3.8) is 0 Å². The molecule has 3 rings (SSSR count). The molecule has 178 valence electrons. The Morgan fingerprint density at radius 2 is 1.38 bits per heavy atom. The molecule has 0 radical (unpaired) electrons. The van der Waals surface area contributed by atoms with Gasteiger partial charge < -0.3 is 0 Å². The largest absolute Gasteiger partial charge is 0.205 e. The molecule has 3 heteroatoms. The molecule has 2 fully saturated rings. The van der Waals surface area contributed by atoms with Crippen molar-refractivity contribution in [3.8, 4) is 6.07 Å². The van der Waals surface area contributed by atoms with Gasteiger partial charge in [-0.25, -0.2) is 8.78 Å². The summed E-state index contributed by atoms with van der Waals surface area (Å²) in [5, 5.41) is 8.90. The van der Waals surface area contributed by atoms with Crippen molar-refractivity contribution in [2.75, 3.05) is 0 Å². The van der Waals surface area contributed by atoms with Gasteiger partial charge in [-0.1, -0.05) is 71.6 Å². The van der Waals surface area contributed by atoms with E-state index in [1.165, 1.54) is 95.6 Å². The molecule has 0 heterocycles. The highest BCUT2D eigenvalue weighted by molar-refractivity contribution is 5.36. The van der Waals surface area contributed by atoms with Crippen molar-refractivity contribution in [2.24, 2.45) is 23.7 Å². The van der Waals surface area contributed by atoms with Gasteiger partial charge in [-0.3, -0.25) is 0 Å². The number of nitrogens with zero attached hydrogens (tertiary/aromatic N) is 1. The van der Waals surface area contributed by atoms with E-state index >= 15 is 0 Å². The summed E-state index contributed by atoms with van der Waals surface area (Å²) in [4.78, 5) is 0. The van der Waals surface area contributed by atoms with Crippen LogP contribution in [0.25, 0.3) is 0 Å². The van der Waals surface area contributed by atoms with Crippen LogP contribution in [0.5, 0.6) is 0 Å². The lowest BCUT2D eigenvalue weighted by molar-refractivity contribution is 0.136. The van der Waals surface area contributed by atoms with Crippen LogP contribution in [-0.4, -0.2) is 0 Å². The van der Waals surface area contributed by atoms with Crippen molar-refractivity contribution in [1.82, 2.24) is 0 Å². The van der Waals surface area contributed by atoms with Crippen molar-refractivity contribution < 1.29 is 8.78 Å².